The second-order valence-corrected chi connectivity index (χ2v) is 5.65. The fourth-order valence-corrected chi connectivity index (χ4v) is 3.24. The third kappa shape index (κ3) is 2.28. The molecule has 0 fully saturated rings. The van der Waals surface area contributed by atoms with Gasteiger partial charge in [-0.3, -0.25) is 4.79 Å². The van der Waals surface area contributed by atoms with Gasteiger partial charge in [-0.05, 0) is 47.9 Å². The highest BCUT2D eigenvalue weighted by molar-refractivity contribution is 5.99. The van der Waals surface area contributed by atoms with Crippen molar-refractivity contribution in [1.29, 1.82) is 0 Å². The van der Waals surface area contributed by atoms with E-state index < -0.39 is 0 Å². The largest absolute Gasteiger partial charge is 0.494 e. The highest BCUT2D eigenvalue weighted by atomic mass is 16.5. The Kier molecular flexibility index (Phi) is 3.33. The monoisotopic (exact) mass is 311 g/mol. The average molecular weight is 311 g/mol. The molecule has 1 N–H and O–H groups in total. The molecule has 1 aliphatic heterocycles. The summed E-state index contributed by atoms with van der Waals surface area (Å²) in [6.45, 7) is 2.57. The molecular weight excluding hydrogens is 294 g/mol. The van der Waals surface area contributed by atoms with Crippen molar-refractivity contribution in [1.82, 2.24) is 20.2 Å². The Morgan fingerprint density at radius 1 is 1.30 bits per heavy atom. The van der Waals surface area contributed by atoms with Crippen LogP contribution in [0.15, 0.2) is 35.5 Å². The molecule has 2 aliphatic rings. The van der Waals surface area contributed by atoms with Crippen LogP contribution in [-0.4, -0.2) is 32.6 Å². The van der Waals surface area contributed by atoms with Gasteiger partial charge in [-0.1, -0.05) is 17.2 Å². The predicted octanol–water partition coefficient (Wildman–Crippen LogP) is 2.09. The summed E-state index contributed by atoms with van der Waals surface area (Å²) >= 11 is 0. The van der Waals surface area contributed by atoms with Crippen molar-refractivity contribution in [3.63, 3.8) is 0 Å². The van der Waals surface area contributed by atoms with E-state index in [1.54, 1.807) is 4.68 Å². The number of Topliss-reactive ketones (excluding diaryl/α,β-unsaturated/α-hetero) is 1. The Morgan fingerprint density at radius 3 is 2.91 bits per heavy atom. The first-order chi connectivity index (χ1) is 11.3. The van der Waals surface area contributed by atoms with Gasteiger partial charge in [0.25, 0.3) is 0 Å². The van der Waals surface area contributed by atoms with Crippen molar-refractivity contribution in [2.75, 3.05) is 11.9 Å². The lowest BCUT2D eigenvalue weighted by atomic mass is 9.85. The van der Waals surface area contributed by atoms with E-state index in [1.807, 2.05) is 31.2 Å². The van der Waals surface area contributed by atoms with Crippen LogP contribution in [0, 0.1) is 0 Å². The number of aromatic nitrogens is 4. The van der Waals surface area contributed by atoms with E-state index in [0.29, 0.717) is 19.0 Å². The average Bonchev–Trinajstić information content (AvgIpc) is 3.02. The molecule has 2 heterocycles. The molecule has 0 bridgehead atoms. The van der Waals surface area contributed by atoms with Gasteiger partial charge in [0.1, 0.15) is 11.8 Å². The number of carbonyl (C=O) groups excluding carboxylic acids is 1. The van der Waals surface area contributed by atoms with Gasteiger partial charge in [0.2, 0.25) is 5.95 Å². The number of fused-ring (bicyclic) bond motifs is 1. The third-order valence-electron chi connectivity index (χ3n) is 4.24. The van der Waals surface area contributed by atoms with E-state index in [0.717, 1.165) is 35.4 Å². The lowest BCUT2D eigenvalue weighted by Crippen LogP contribution is -2.31. The molecule has 7 heteroatoms. The second-order valence-electron chi connectivity index (χ2n) is 5.65. The number of hydrogen-bond donors (Lipinski definition) is 1. The minimum Gasteiger partial charge on any atom is -0.494 e. The van der Waals surface area contributed by atoms with E-state index >= 15 is 0 Å². The number of carbonyl (C=O) groups is 1. The van der Waals surface area contributed by atoms with Crippen molar-refractivity contribution in [3.8, 4) is 5.75 Å². The van der Waals surface area contributed by atoms with Gasteiger partial charge in [0, 0.05) is 17.7 Å². The number of nitrogens with zero attached hydrogens (tertiary/aromatic N) is 4. The molecule has 1 atom stereocenters. The molecule has 4 rings (SSSR count). The molecule has 0 saturated heterocycles. The maximum atomic E-state index is 12.5. The Bertz CT molecular complexity index is 778. The van der Waals surface area contributed by atoms with E-state index in [1.165, 1.54) is 0 Å². The molecule has 23 heavy (non-hydrogen) atoms. The van der Waals surface area contributed by atoms with Crippen LogP contribution in [0.25, 0.3) is 0 Å². The molecule has 0 saturated carbocycles. The molecule has 1 aromatic heterocycles. The normalized spacial score (nSPS) is 19.9. The fourth-order valence-electron chi connectivity index (χ4n) is 3.24. The summed E-state index contributed by atoms with van der Waals surface area (Å²) in [5.41, 5.74) is 2.70. The van der Waals surface area contributed by atoms with Crippen LogP contribution in [0.2, 0.25) is 0 Å². The molecule has 0 radical (unpaired) electrons. The van der Waals surface area contributed by atoms with Gasteiger partial charge in [-0.2, -0.15) is 4.68 Å². The maximum Gasteiger partial charge on any atom is 0.248 e. The number of allylic oxidation sites excluding steroid dienone is 2. The quantitative estimate of drug-likeness (QED) is 0.934. The van der Waals surface area contributed by atoms with Gasteiger partial charge in [-0.15, -0.1) is 0 Å². The summed E-state index contributed by atoms with van der Waals surface area (Å²) < 4.78 is 7.17. The summed E-state index contributed by atoms with van der Waals surface area (Å²) in [5.74, 6) is 1.56. The zero-order valence-corrected chi connectivity index (χ0v) is 12.8. The molecule has 1 unspecified atom stereocenters. The van der Waals surface area contributed by atoms with Crippen LogP contribution in [0.5, 0.6) is 5.75 Å². The van der Waals surface area contributed by atoms with Gasteiger partial charge in [0.15, 0.2) is 5.78 Å². The molecule has 2 aromatic rings. The van der Waals surface area contributed by atoms with E-state index in [-0.39, 0.29) is 11.8 Å². The maximum absolute atomic E-state index is 12.5. The number of ether oxygens (including phenoxy) is 1. The first-order valence-corrected chi connectivity index (χ1v) is 7.82. The number of nitrogens with one attached hydrogen (secondary N) is 1. The number of anilines is 1. The first kappa shape index (κ1) is 13.9. The highest BCUT2D eigenvalue weighted by Gasteiger charge is 2.36. The third-order valence-corrected chi connectivity index (χ3v) is 4.24. The van der Waals surface area contributed by atoms with Gasteiger partial charge < -0.3 is 10.1 Å². The number of tetrazole rings is 1. The Balaban J connectivity index is 1.81. The Morgan fingerprint density at radius 2 is 2.13 bits per heavy atom. The fraction of sp³-hybridized carbons (Fsp3) is 0.375. The van der Waals surface area contributed by atoms with Crippen molar-refractivity contribution < 1.29 is 9.53 Å². The van der Waals surface area contributed by atoms with Gasteiger partial charge >= 0.3 is 0 Å². The number of hydrogen-bond acceptors (Lipinski definition) is 6. The van der Waals surface area contributed by atoms with E-state index in [9.17, 15) is 4.79 Å². The predicted molar refractivity (Wildman–Crippen MR) is 83.1 cm³/mol. The molecular formula is C16H17N5O2. The smallest absolute Gasteiger partial charge is 0.248 e. The Hall–Kier alpha value is -2.70. The molecule has 1 aliphatic carbocycles. The SMILES string of the molecule is CCOc1ccc(C2C3=C(CCCC3=O)Nc3nnnn32)cc1. The topological polar surface area (TPSA) is 81.9 Å². The van der Waals surface area contributed by atoms with Gasteiger partial charge in [0.05, 0.1) is 6.61 Å². The minimum absolute atomic E-state index is 0.166. The van der Waals surface area contributed by atoms with Crippen molar-refractivity contribution in [2.24, 2.45) is 0 Å². The summed E-state index contributed by atoms with van der Waals surface area (Å²) in [7, 11) is 0. The van der Waals surface area contributed by atoms with Crippen molar-refractivity contribution >= 4 is 11.7 Å². The first-order valence-electron chi connectivity index (χ1n) is 7.82. The number of ketones is 1. The molecule has 118 valence electrons. The number of benzene rings is 1. The lowest BCUT2D eigenvalue weighted by molar-refractivity contribution is -0.116. The molecule has 0 amide bonds. The highest BCUT2D eigenvalue weighted by Crippen LogP contribution is 2.39. The molecule has 0 spiro atoms. The van der Waals surface area contributed by atoms with E-state index in [4.69, 9.17) is 4.74 Å². The standard InChI is InChI=1S/C16H17N5O2/c1-2-23-11-8-6-10(7-9-11)15-14-12(4-3-5-13(14)22)17-16-18-19-20-21(15)16/h6-9,15H,2-5H2,1H3,(H,17,18,20). The number of rotatable bonds is 3. The van der Waals surface area contributed by atoms with E-state index in [2.05, 4.69) is 20.8 Å². The zero-order chi connectivity index (χ0) is 15.8. The summed E-state index contributed by atoms with van der Waals surface area (Å²) in [6.07, 6.45) is 2.29. The second kappa shape index (κ2) is 5.49. The minimum atomic E-state index is -0.278. The van der Waals surface area contributed by atoms with Crippen LogP contribution >= 0.6 is 0 Å². The van der Waals surface area contributed by atoms with Crippen LogP contribution in [0.4, 0.5) is 5.95 Å². The summed E-state index contributed by atoms with van der Waals surface area (Å²) in [5, 5.41) is 15.0. The van der Waals surface area contributed by atoms with Gasteiger partial charge in [-0.25, -0.2) is 0 Å². The Labute approximate surface area is 133 Å². The molecule has 7 nitrogen and oxygen atoms in total. The molecule has 1 aromatic carbocycles. The zero-order valence-electron chi connectivity index (χ0n) is 12.8. The van der Waals surface area contributed by atoms with Crippen LogP contribution in [0.1, 0.15) is 37.8 Å². The van der Waals surface area contributed by atoms with Crippen LogP contribution in [0.3, 0.4) is 0 Å². The van der Waals surface area contributed by atoms with Crippen molar-refractivity contribution in [2.45, 2.75) is 32.2 Å². The van der Waals surface area contributed by atoms with Crippen molar-refractivity contribution in [3.05, 3.63) is 41.1 Å². The van der Waals surface area contributed by atoms with Crippen LogP contribution < -0.4 is 10.1 Å². The summed E-state index contributed by atoms with van der Waals surface area (Å²) in [4.78, 5) is 12.5. The lowest BCUT2D eigenvalue weighted by Gasteiger charge is -2.31. The summed E-state index contributed by atoms with van der Waals surface area (Å²) in [6, 6.07) is 7.49. The van der Waals surface area contributed by atoms with Crippen LogP contribution in [-0.2, 0) is 4.79 Å².